The third-order valence-electron chi connectivity index (χ3n) is 2.66. The largest absolute Gasteiger partial charge is 0.491 e. The zero-order valence-electron chi connectivity index (χ0n) is 12.3. The van der Waals surface area contributed by atoms with Gasteiger partial charge in [0.1, 0.15) is 5.75 Å². The van der Waals surface area contributed by atoms with E-state index in [1.165, 1.54) is 0 Å². The minimum Gasteiger partial charge on any atom is -0.491 e. The van der Waals surface area contributed by atoms with Crippen LogP contribution in [-0.2, 0) is 11.3 Å². The van der Waals surface area contributed by atoms with E-state index in [0.29, 0.717) is 13.2 Å². The van der Waals surface area contributed by atoms with Gasteiger partial charge in [-0.1, -0.05) is 18.2 Å². The molecule has 0 radical (unpaired) electrons. The fraction of sp³-hybridized carbons (Fsp3) is 0.600. The van der Waals surface area contributed by atoms with Crippen LogP contribution in [0.25, 0.3) is 0 Å². The number of benzene rings is 1. The molecule has 1 rings (SSSR count). The predicted octanol–water partition coefficient (Wildman–Crippen LogP) is 1.91. The molecule has 4 nitrogen and oxygen atoms in total. The number of likely N-dealkylation sites (N-methyl/N-ethyl adjacent to an activating group) is 1. The van der Waals surface area contributed by atoms with Crippen molar-refractivity contribution in [1.29, 1.82) is 0 Å². The summed E-state index contributed by atoms with van der Waals surface area (Å²) in [6.07, 6.45) is -0.307. The Bertz CT molecular complexity index is 368. The van der Waals surface area contributed by atoms with Crippen LogP contribution in [0.4, 0.5) is 0 Å². The molecule has 4 heteroatoms. The highest BCUT2D eigenvalue weighted by Gasteiger charge is 2.11. The molecule has 0 saturated heterocycles. The van der Waals surface area contributed by atoms with Crippen LogP contribution in [0, 0.1) is 0 Å². The fourth-order valence-electron chi connectivity index (χ4n) is 1.96. The summed E-state index contributed by atoms with van der Waals surface area (Å²) >= 11 is 0. The summed E-state index contributed by atoms with van der Waals surface area (Å²) in [4.78, 5) is 2.06. The van der Waals surface area contributed by atoms with Crippen LogP contribution in [0.2, 0.25) is 0 Å². The highest BCUT2D eigenvalue weighted by molar-refractivity contribution is 5.33. The van der Waals surface area contributed by atoms with Crippen molar-refractivity contribution in [2.24, 2.45) is 0 Å². The molecule has 1 aromatic carbocycles. The highest BCUT2D eigenvalue weighted by atomic mass is 16.5. The molecule has 0 amide bonds. The molecule has 1 aromatic rings. The van der Waals surface area contributed by atoms with Crippen molar-refractivity contribution >= 4 is 0 Å². The van der Waals surface area contributed by atoms with E-state index in [2.05, 4.69) is 11.0 Å². The number of ether oxygens (including phenoxy) is 2. The van der Waals surface area contributed by atoms with Crippen LogP contribution in [0.5, 0.6) is 5.75 Å². The summed E-state index contributed by atoms with van der Waals surface area (Å²) in [5.74, 6) is 0.908. The Kier molecular flexibility index (Phi) is 6.84. The number of aliphatic hydroxyl groups excluding tert-OH is 1. The lowest BCUT2D eigenvalue weighted by molar-refractivity contribution is 0.0416. The van der Waals surface area contributed by atoms with Gasteiger partial charge in [-0.25, -0.2) is 0 Å². The van der Waals surface area contributed by atoms with Gasteiger partial charge in [0.25, 0.3) is 0 Å². The number of hydrogen-bond donors (Lipinski definition) is 1. The Morgan fingerprint density at radius 3 is 2.58 bits per heavy atom. The van der Waals surface area contributed by atoms with Crippen LogP contribution in [0.3, 0.4) is 0 Å². The first kappa shape index (κ1) is 16.0. The maximum atomic E-state index is 9.71. The second kappa shape index (κ2) is 8.15. The SMILES string of the molecule is COCC(O)CN(C)Cc1ccccc1OC(C)C. The average molecular weight is 267 g/mol. The Balaban J connectivity index is 2.60. The van der Waals surface area contributed by atoms with Crippen molar-refractivity contribution in [1.82, 2.24) is 4.90 Å². The van der Waals surface area contributed by atoms with Crippen LogP contribution in [-0.4, -0.2) is 49.5 Å². The third-order valence-corrected chi connectivity index (χ3v) is 2.66. The number of methoxy groups -OCH3 is 1. The van der Waals surface area contributed by atoms with Gasteiger partial charge in [-0.2, -0.15) is 0 Å². The van der Waals surface area contributed by atoms with Crippen molar-refractivity contribution in [3.63, 3.8) is 0 Å². The molecule has 1 unspecified atom stereocenters. The molecule has 0 spiro atoms. The van der Waals surface area contributed by atoms with E-state index in [9.17, 15) is 5.11 Å². The van der Waals surface area contributed by atoms with Gasteiger partial charge in [0.2, 0.25) is 0 Å². The molecule has 0 aromatic heterocycles. The molecule has 0 aliphatic rings. The molecule has 0 bridgehead atoms. The van der Waals surface area contributed by atoms with Crippen molar-refractivity contribution in [2.75, 3.05) is 27.3 Å². The number of para-hydroxylation sites is 1. The monoisotopic (exact) mass is 267 g/mol. The molecule has 1 N–H and O–H groups in total. The van der Waals surface area contributed by atoms with E-state index < -0.39 is 6.10 Å². The zero-order valence-corrected chi connectivity index (χ0v) is 12.3. The number of hydrogen-bond acceptors (Lipinski definition) is 4. The Morgan fingerprint density at radius 1 is 1.26 bits per heavy atom. The van der Waals surface area contributed by atoms with Crippen LogP contribution < -0.4 is 4.74 Å². The number of aliphatic hydroxyl groups is 1. The summed E-state index contributed by atoms with van der Waals surface area (Å²) in [6.45, 7) is 5.70. The minimum absolute atomic E-state index is 0.158. The van der Waals surface area contributed by atoms with Gasteiger partial charge in [0.05, 0.1) is 18.8 Å². The van der Waals surface area contributed by atoms with E-state index in [0.717, 1.165) is 17.9 Å². The summed E-state index contributed by atoms with van der Waals surface area (Å²) in [7, 11) is 3.57. The molecule has 108 valence electrons. The third kappa shape index (κ3) is 6.05. The number of rotatable bonds is 8. The van der Waals surface area contributed by atoms with Gasteiger partial charge in [0, 0.05) is 25.8 Å². The van der Waals surface area contributed by atoms with E-state index in [1.807, 2.05) is 39.1 Å². The van der Waals surface area contributed by atoms with Gasteiger partial charge < -0.3 is 14.6 Å². The van der Waals surface area contributed by atoms with Gasteiger partial charge in [-0.3, -0.25) is 4.90 Å². The molecule has 0 heterocycles. The minimum atomic E-state index is -0.465. The molecular weight excluding hydrogens is 242 g/mol. The summed E-state index contributed by atoms with van der Waals surface area (Å²) in [5, 5.41) is 9.71. The predicted molar refractivity (Wildman–Crippen MR) is 76.4 cm³/mol. The highest BCUT2D eigenvalue weighted by Crippen LogP contribution is 2.20. The standard InChI is InChI=1S/C15H25NO3/c1-12(2)19-15-8-6-5-7-13(15)9-16(3)10-14(17)11-18-4/h5-8,12,14,17H,9-11H2,1-4H3. The van der Waals surface area contributed by atoms with E-state index >= 15 is 0 Å². The second-order valence-electron chi connectivity index (χ2n) is 5.08. The summed E-state index contributed by atoms with van der Waals surface area (Å²) in [6, 6.07) is 8.01. The van der Waals surface area contributed by atoms with Gasteiger partial charge in [0.15, 0.2) is 0 Å². The normalized spacial score (nSPS) is 13.0. The number of nitrogens with zero attached hydrogens (tertiary/aromatic N) is 1. The average Bonchev–Trinajstić information content (AvgIpc) is 2.31. The Morgan fingerprint density at radius 2 is 1.95 bits per heavy atom. The molecule has 19 heavy (non-hydrogen) atoms. The molecule has 0 aliphatic carbocycles. The zero-order chi connectivity index (χ0) is 14.3. The van der Waals surface area contributed by atoms with Crippen molar-refractivity contribution in [2.45, 2.75) is 32.6 Å². The first-order chi connectivity index (χ1) is 9.02. The van der Waals surface area contributed by atoms with Crippen molar-refractivity contribution < 1.29 is 14.6 Å². The maximum absolute atomic E-state index is 9.71. The maximum Gasteiger partial charge on any atom is 0.124 e. The Labute approximate surface area is 115 Å². The molecule has 1 atom stereocenters. The molecule has 0 aliphatic heterocycles. The summed E-state index contributed by atoms with van der Waals surface area (Å²) < 4.78 is 10.7. The van der Waals surface area contributed by atoms with Crippen LogP contribution in [0.1, 0.15) is 19.4 Å². The van der Waals surface area contributed by atoms with E-state index in [4.69, 9.17) is 9.47 Å². The quantitative estimate of drug-likeness (QED) is 0.781. The fourth-order valence-corrected chi connectivity index (χ4v) is 1.96. The summed E-state index contributed by atoms with van der Waals surface area (Å²) in [5.41, 5.74) is 1.13. The Hall–Kier alpha value is -1.10. The van der Waals surface area contributed by atoms with Crippen molar-refractivity contribution in [3.05, 3.63) is 29.8 Å². The molecule has 0 fully saturated rings. The first-order valence-corrected chi connectivity index (χ1v) is 6.63. The topological polar surface area (TPSA) is 41.9 Å². The molecule has 0 saturated carbocycles. The van der Waals surface area contributed by atoms with Crippen LogP contribution in [0.15, 0.2) is 24.3 Å². The van der Waals surface area contributed by atoms with Gasteiger partial charge in [-0.05, 0) is 27.0 Å². The molecular formula is C15H25NO3. The van der Waals surface area contributed by atoms with E-state index in [1.54, 1.807) is 7.11 Å². The lowest BCUT2D eigenvalue weighted by atomic mass is 10.2. The van der Waals surface area contributed by atoms with Gasteiger partial charge >= 0.3 is 0 Å². The lowest BCUT2D eigenvalue weighted by Crippen LogP contribution is -2.31. The smallest absolute Gasteiger partial charge is 0.124 e. The van der Waals surface area contributed by atoms with E-state index in [-0.39, 0.29) is 6.10 Å². The second-order valence-corrected chi connectivity index (χ2v) is 5.08. The van der Waals surface area contributed by atoms with Gasteiger partial charge in [-0.15, -0.1) is 0 Å². The van der Waals surface area contributed by atoms with Crippen molar-refractivity contribution in [3.8, 4) is 5.75 Å². The lowest BCUT2D eigenvalue weighted by Gasteiger charge is -2.22. The first-order valence-electron chi connectivity index (χ1n) is 6.63. The van der Waals surface area contributed by atoms with Crippen LogP contribution >= 0.6 is 0 Å².